The molecular weight excluding hydrogens is 238 g/mol. The van der Waals surface area contributed by atoms with Gasteiger partial charge < -0.3 is 10.6 Å². The fourth-order valence-corrected chi connectivity index (χ4v) is 2.11. The molecule has 0 radical (unpaired) electrons. The van der Waals surface area contributed by atoms with Crippen LogP contribution in [0.15, 0.2) is 12.4 Å². The zero-order chi connectivity index (χ0) is 13.9. The summed E-state index contributed by atoms with van der Waals surface area (Å²) in [5, 5.41) is 6.73. The van der Waals surface area contributed by atoms with Crippen molar-refractivity contribution in [3.05, 3.63) is 18.0 Å². The molecule has 1 atom stereocenters. The molecule has 2 rings (SSSR count). The molecule has 1 aromatic rings. The number of nitrogens with one attached hydrogen (secondary N) is 2. The van der Waals surface area contributed by atoms with E-state index < -0.39 is 0 Å². The average Bonchev–Trinajstić information content (AvgIpc) is 2.37. The van der Waals surface area contributed by atoms with Gasteiger partial charge in [0, 0.05) is 44.6 Å². The van der Waals surface area contributed by atoms with Crippen molar-refractivity contribution in [3.63, 3.8) is 0 Å². The van der Waals surface area contributed by atoms with Gasteiger partial charge in [-0.05, 0) is 18.0 Å². The quantitative estimate of drug-likeness (QED) is 0.855. The first-order chi connectivity index (χ1) is 8.97. The van der Waals surface area contributed by atoms with Gasteiger partial charge in [-0.2, -0.15) is 0 Å². The SMILES string of the molecule is CN1CCNCC1CNc1ncc(C(C)(C)C)cn1. The van der Waals surface area contributed by atoms with Crippen molar-refractivity contribution in [3.8, 4) is 0 Å². The minimum absolute atomic E-state index is 0.103. The third-order valence-corrected chi connectivity index (χ3v) is 3.66. The van der Waals surface area contributed by atoms with Gasteiger partial charge >= 0.3 is 0 Å². The lowest BCUT2D eigenvalue weighted by Crippen LogP contribution is -2.52. The van der Waals surface area contributed by atoms with E-state index in [4.69, 9.17) is 0 Å². The second kappa shape index (κ2) is 5.84. The molecule has 0 amide bonds. The van der Waals surface area contributed by atoms with E-state index in [2.05, 4.69) is 53.3 Å². The van der Waals surface area contributed by atoms with Gasteiger partial charge in [-0.1, -0.05) is 20.8 Å². The van der Waals surface area contributed by atoms with Crippen molar-refractivity contribution in [1.29, 1.82) is 0 Å². The van der Waals surface area contributed by atoms with Crippen LogP contribution in [0.3, 0.4) is 0 Å². The lowest BCUT2D eigenvalue weighted by Gasteiger charge is -2.33. The van der Waals surface area contributed by atoms with Crippen LogP contribution < -0.4 is 10.6 Å². The molecule has 106 valence electrons. The molecular formula is C14H25N5. The van der Waals surface area contributed by atoms with Crippen molar-refractivity contribution >= 4 is 5.95 Å². The maximum Gasteiger partial charge on any atom is 0.222 e. The van der Waals surface area contributed by atoms with E-state index >= 15 is 0 Å². The van der Waals surface area contributed by atoms with Crippen molar-refractivity contribution in [2.75, 3.05) is 38.5 Å². The first-order valence-electron chi connectivity index (χ1n) is 6.94. The topological polar surface area (TPSA) is 53.1 Å². The van der Waals surface area contributed by atoms with Gasteiger partial charge in [0.05, 0.1) is 0 Å². The van der Waals surface area contributed by atoms with E-state index in [0.717, 1.165) is 31.7 Å². The molecule has 0 aliphatic carbocycles. The van der Waals surface area contributed by atoms with Gasteiger partial charge in [-0.25, -0.2) is 9.97 Å². The minimum atomic E-state index is 0.103. The number of hydrogen-bond donors (Lipinski definition) is 2. The fourth-order valence-electron chi connectivity index (χ4n) is 2.11. The fraction of sp³-hybridized carbons (Fsp3) is 0.714. The normalized spacial score (nSPS) is 21.4. The molecule has 1 aliphatic rings. The molecule has 0 aromatic carbocycles. The van der Waals surface area contributed by atoms with Gasteiger partial charge in [-0.3, -0.25) is 4.90 Å². The monoisotopic (exact) mass is 263 g/mol. The summed E-state index contributed by atoms with van der Waals surface area (Å²) in [4.78, 5) is 11.2. The molecule has 1 fully saturated rings. The Balaban J connectivity index is 1.89. The molecule has 5 heteroatoms. The second-order valence-electron chi connectivity index (χ2n) is 6.26. The van der Waals surface area contributed by atoms with Crippen LogP contribution in [0.2, 0.25) is 0 Å². The van der Waals surface area contributed by atoms with Gasteiger partial charge in [0.1, 0.15) is 0 Å². The van der Waals surface area contributed by atoms with E-state index in [1.165, 1.54) is 0 Å². The van der Waals surface area contributed by atoms with E-state index in [9.17, 15) is 0 Å². The number of nitrogens with zero attached hydrogens (tertiary/aromatic N) is 3. The Morgan fingerprint density at radius 2 is 2.05 bits per heavy atom. The third kappa shape index (κ3) is 3.88. The van der Waals surface area contributed by atoms with Crippen molar-refractivity contribution in [2.24, 2.45) is 0 Å². The average molecular weight is 263 g/mol. The molecule has 0 saturated carbocycles. The minimum Gasteiger partial charge on any atom is -0.353 e. The van der Waals surface area contributed by atoms with Gasteiger partial charge in [0.2, 0.25) is 5.95 Å². The number of hydrogen-bond acceptors (Lipinski definition) is 5. The van der Waals surface area contributed by atoms with Crippen LogP contribution >= 0.6 is 0 Å². The Hall–Kier alpha value is -1.20. The number of anilines is 1. The van der Waals surface area contributed by atoms with Crippen LogP contribution in [-0.2, 0) is 5.41 Å². The van der Waals surface area contributed by atoms with Crippen LogP contribution in [0.4, 0.5) is 5.95 Å². The zero-order valence-corrected chi connectivity index (χ0v) is 12.4. The first-order valence-corrected chi connectivity index (χ1v) is 6.94. The largest absolute Gasteiger partial charge is 0.353 e. The van der Waals surface area contributed by atoms with Crippen LogP contribution in [0.1, 0.15) is 26.3 Å². The van der Waals surface area contributed by atoms with Crippen LogP contribution in [0, 0.1) is 0 Å². The molecule has 19 heavy (non-hydrogen) atoms. The standard InChI is InChI=1S/C14H25N5/c1-14(2,3)11-7-16-13(17-8-11)18-10-12-9-15-5-6-19(12)4/h7-8,12,15H,5-6,9-10H2,1-4H3,(H,16,17,18). The molecule has 1 aromatic heterocycles. The highest BCUT2D eigenvalue weighted by Crippen LogP contribution is 2.20. The Morgan fingerprint density at radius 3 is 2.63 bits per heavy atom. The Kier molecular flexibility index (Phi) is 4.37. The third-order valence-electron chi connectivity index (χ3n) is 3.66. The lowest BCUT2D eigenvalue weighted by molar-refractivity contribution is 0.209. The number of likely N-dealkylation sites (N-methyl/N-ethyl adjacent to an activating group) is 1. The van der Waals surface area contributed by atoms with Gasteiger partial charge in [0.15, 0.2) is 0 Å². The van der Waals surface area contributed by atoms with Gasteiger partial charge in [0.25, 0.3) is 0 Å². The predicted octanol–water partition coefficient (Wildman–Crippen LogP) is 1.09. The number of piperazine rings is 1. The van der Waals surface area contributed by atoms with Crippen LogP contribution in [-0.4, -0.2) is 54.1 Å². The maximum absolute atomic E-state index is 4.39. The summed E-state index contributed by atoms with van der Waals surface area (Å²) in [6.07, 6.45) is 3.83. The molecule has 0 bridgehead atoms. The highest BCUT2D eigenvalue weighted by Gasteiger charge is 2.18. The second-order valence-corrected chi connectivity index (χ2v) is 6.26. The summed E-state index contributed by atoms with van der Waals surface area (Å²) in [5.74, 6) is 0.715. The maximum atomic E-state index is 4.39. The number of rotatable bonds is 3. The molecule has 2 N–H and O–H groups in total. The molecule has 2 heterocycles. The summed E-state index contributed by atoms with van der Waals surface area (Å²) in [6, 6.07) is 0.500. The van der Waals surface area contributed by atoms with Gasteiger partial charge in [-0.15, -0.1) is 0 Å². The predicted molar refractivity (Wildman–Crippen MR) is 78.5 cm³/mol. The van der Waals surface area contributed by atoms with Crippen molar-refractivity contribution < 1.29 is 0 Å². The van der Waals surface area contributed by atoms with E-state index in [0.29, 0.717) is 12.0 Å². The number of aromatic nitrogens is 2. The summed E-state index contributed by atoms with van der Waals surface area (Å²) in [5.41, 5.74) is 1.26. The van der Waals surface area contributed by atoms with Crippen LogP contribution in [0.5, 0.6) is 0 Å². The van der Waals surface area contributed by atoms with Crippen molar-refractivity contribution in [2.45, 2.75) is 32.2 Å². The van der Waals surface area contributed by atoms with Crippen molar-refractivity contribution in [1.82, 2.24) is 20.2 Å². The molecule has 1 aliphatic heterocycles. The Bertz CT molecular complexity index is 395. The zero-order valence-electron chi connectivity index (χ0n) is 12.4. The highest BCUT2D eigenvalue weighted by atomic mass is 15.2. The summed E-state index contributed by atoms with van der Waals surface area (Å²) in [6.45, 7) is 10.6. The summed E-state index contributed by atoms with van der Waals surface area (Å²) >= 11 is 0. The Morgan fingerprint density at radius 1 is 1.37 bits per heavy atom. The molecule has 0 spiro atoms. The van der Waals surface area contributed by atoms with E-state index in [1.807, 2.05) is 12.4 Å². The molecule has 1 saturated heterocycles. The van der Waals surface area contributed by atoms with Crippen LogP contribution in [0.25, 0.3) is 0 Å². The summed E-state index contributed by atoms with van der Waals surface area (Å²) < 4.78 is 0. The van der Waals surface area contributed by atoms with E-state index in [1.54, 1.807) is 0 Å². The molecule has 1 unspecified atom stereocenters. The molecule has 5 nitrogen and oxygen atoms in total. The smallest absolute Gasteiger partial charge is 0.222 e. The highest BCUT2D eigenvalue weighted by molar-refractivity contribution is 5.27. The van der Waals surface area contributed by atoms with E-state index in [-0.39, 0.29) is 5.41 Å². The Labute approximate surface area is 115 Å². The first kappa shape index (κ1) is 14.2. The summed E-state index contributed by atoms with van der Waals surface area (Å²) in [7, 11) is 2.16. The lowest BCUT2D eigenvalue weighted by atomic mass is 9.89.